The van der Waals surface area contributed by atoms with Gasteiger partial charge in [-0.05, 0) is 31.0 Å². The van der Waals surface area contributed by atoms with Crippen LogP contribution in [0.3, 0.4) is 0 Å². The molecule has 0 radical (unpaired) electrons. The number of thioether (sulfide) groups is 1. The lowest BCUT2D eigenvalue weighted by atomic mass is 10.0. The summed E-state index contributed by atoms with van der Waals surface area (Å²) in [6.07, 6.45) is 6.35. The summed E-state index contributed by atoms with van der Waals surface area (Å²) in [6.45, 7) is 0. The van der Waals surface area contributed by atoms with Crippen molar-refractivity contribution < 1.29 is 13.6 Å². The lowest BCUT2D eigenvalue weighted by molar-refractivity contribution is 0.0997. The number of amides is 1. The fraction of sp³-hybridized carbons (Fsp3) is 0.318. The molecule has 3 aromatic rings. The summed E-state index contributed by atoms with van der Waals surface area (Å²) in [5.74, 6) is 0.139. The molecular formula is C22H22FNO2S. The van der Waals surface area contributed by atoms with E-state index in [0.29, 0.717) is 10.8 Å². The number of fused-ring (bicyclic) bond motifs is 1. The normalized spacial score (nSPS) is 15.1. The monoisotopic (exact) mass is 383 g/mol. The van der Waals surface area contributed by atoms with E-state index in [9.17, 15) is 9.18 Å². The smallest absolute Gasteiger partial charge is 0.291 e. The van der Waals surface area contributed by atoms with Crippen LogP contribution in [0.5, 0.6) is 0 Å². The van der Waals surface area contributed by atoms with E-state index in [2.05, 4.69) is 5.32 Å². The van der Waals surface area contributed by atoms with Gasteiger partial charge in [-0.2, -0.15) is 11.8 Å². The minimum absolute atomic E-state index is 0.161. The number of carbonyl (C=O) groups is 1. The molecule has 1 fully saturated rings. The largest absolute Gasteiger partial charge is 0.451 e. The average molecular weight is 383 g/mol. The number of hydrogen-bond acceptors (Lipinski definition) is 3. The van der Waals surface area contributed by atoms with Crippen LogP contribution >= 0.6 is 11.8 Å². The highest BCUT2D eigenvalue weighted by Gasteiger charge is 2.23. The summed E-state index contributed by atoms with van der Waals surface area (Å²) in [5, 5.41) is 4.24. The summed E-state index contributed by atoms with van der Waals surface area (Å²) in [4.78, 5) is 12.8. The second-order valence-corrected chi connectivity index (χ2v) is 8.20. The molecule has 0 atom stereocenters. The molecule has 1 saturated carbocycles. The van der Waals surface area contributed by atoms with E-state index in [-0.39, 0.29) is 11.4 Å². The van der Waals surface area contributed by atoms with Crippen molar-refractivity contribution in [2.75, 3.05) is 5.32 Å². The average Bonchev–Trinajstić information content (AvgIpc) is 3.08. The number of para-hydroxylation sites is 2. The summed E-state index contributed by atoms with van der Waals surface area (Å²) in [6, 6.07) is 13.9. The second-order valence-electron chi connectivity index (χ2n) is 6.91. The standard InChI is InChI=1S/C22H22FNO2S/c23-18-11-5-6-12-19(18)24-22(25)21-17(14-27-15-8-2-1-3-9-15)16-10-4-7-13-20(16)26-21/h4-7,10-13,15H,1-3,8-9,14H2,(H,24,25). The van der Waals surface area contributed by atoms with Crippen molar-refractivity contribution in [1.82, 2.24) is 0 Å². The van der Waals surface area contributed by atoms with Gasteiger partial charge >= 0.3 is 0 Å². The summed E-state index contributed by atoms with van der Waals surface area (Å²) < 4.78 is 19.8. The maximum absolute atomic E-state index is 13.9. The maximum atomic E-state index is 13.9. The molecule has 140 valence electrons. The molecule has 0 bridgehead atoms. The Balaban J connectivity index is 1.61. The van der Waals surface area contributed by atoms with Crippen molar-refractivity contribution in [2.24, 2.45) is 0 Å². The Kier molecular flexibility index (Phi) is 5.48. The third-order valence-electron chi connectivity index (χ3n) is 5.04. The predicted molar refractivity (Wildman–Crippen MR) is 109 cm³/mol. The lowest BCUT2D eigenvalue weighted by Gasteiger charge is -2.20. The van der Waals surface area contributed by atoms with Gasteiger partial charge < -0.3 is 9.73 Å². The van der Waals surface area contributed by atoms with Crippen LogP contribution in [-0.4, -0.2) is 11.2 Å². The van der Waals surface area contributed by atoms with Gasteiger partial charge in [-0.1, -0.05) is 49.6 Å². The molecule has 0 saturated heterocycles. The van der Waals surface area contributed by atoms with Gasteiger partial charge in [-0.15, -0.1) is 0 Å². The Morgan fingerprint density at radius 3 is 2.63 bits per heavy atom. The zero-order valence-corrected chi connectivity index (χ0v) is 15.9. The van der Waals surface area contributed by atoms with Gasteiger partial charge in [-0.25, -0.2) is 4.39 Å². The van der Waals surface area contributed by atoms with Gasteiger partial charge in [0.15, 0.2) is 5.76 Å². The van der Waals surface area contributed by atoms with Gasteiger partial charge in [0.05, 0.1) is 5.69 Å². The van der Waals surface area contributed by atoms with E-state index in [4.69, 9.17) is 4.42 Å². The summed E-state index contributed by atoms with van der Waals surface area (Å²) in [5.41, 5.74) is 1.75. The van der Waals surface area contributed by atoms with E-state index in [1.165, 1.54) is 38.2 Å². The number of hydrogen-bond donors (Lipinski definition) is 1. The molecule has 0 unspecified atom stereocenters. The number of carbonyl (C=O) groups excluding carboxylic acids is 1. The molecule has 5 heteroatoms. The van der Waals surface area contributed by atoms with E-state index in [1.54, 1.807) is 18.2 Å². The van der Waals surface area contributed by atoms with E-state index < -0.39 is 11.7 Å². The Hall–Kier alpha value is -2.27. The maximum Gasteiger partial charge on any atom is 0.291 e. The van der Waals surface area contributed by atoms with Crippen LogP contribution in [0.1, 0.15) is 48.2 Å². The van der Waals surface area contributed by atoms with Gasteiger partial charge in [0.25, 0.3) is 5.91 Å². The van der Waals surface area contributed by atoms with Crippen molar-refractivity contribution in [1.29, 1.82) is 0 Å². The number of rotatable bonds is 5. The number of benzene rings is 2. The van der Waals surface area contributed by atoms with E-state index in [0.717, 1.165) is 16.7 Å². The van der Waals surface area contributed by atoms with Crippen LogP contribution in [0.2, 0.25) is 0 Å². The molecule has 1 amide bonds. The third-order valence-corrected chi connectivity index (χ3v) is 6.44. The van der Waals surface area contributed by atoms with E-state index in [1.807, 2.05) is 36.0 Å². The molecule has 1 aliphatic rings. The molecule has 1 heterocycles. The SMILES string of the molecule is O=C(Nc1ccccc1F)c1oc2ccccc2c1CSC1CCCCC1. The second kappa shape index (κ2) is 8.17. The third kappa shape index (κ3) is 4.03. The minimum atomic E-state index is -0.458. The summed E-state index contributed by atoms with van der Waals surface area (Å²) >= 11 is 1.90. The molecule has 0 spiro atoms. The van der Waals surface area contributed by atoms with E-state index >= 15 is 0 Å². The van der Waals surface area contributed by atoms with Gasteiger partial charge in [0.1, 0.15) is 11.4 Å². The Bertz CT molecular complexity index is 946. The van der Waals surface area contributed by atoms with Gasteiger partial charge in [0.2, 0.25) is 0 Å². The first kappa shape index (κ1) is 18.1. The molecule has 3 nitrogen and oxygen atoms in total. The highest BCUT2D eigenvalue weighted by Crippen LogP contribution is 2.35. The van der Waals surface area contributed by atoms with Crippen LogP contribution in [0.15, 0.2) is 52.9 Å². The fourth-order valence-electron chi connectivity index (χ4n) is 3.60. The topological polar surface area (TPSA) is 42.2 Å². The van der Waals surface area contributed by atoms with Crippen LogP contribution in [0.4, 0.5) is 10.1 Å². The minimum Gasteiger partial charge on any atom is -0.451 e. The molecular weight excluding hydrogens is 361 g/mol. The number of nitrogens with one attached hydrogen (secondary N) is 1. The molecule has 4 rings (SSSR count). The fourth-order valence-corrected chi connectivity index (χ4v) is 4.96. The highest BCUT2D eigenvalue weighted by molar-refractivity contribution is 7.99. The zero-order valence-electron chi connectivity index (χ0n) is 15.0. The Morgan fingerprint density at radius 1 is 1.07 bits per heavy atom. The first-order valence-electron chi connectivity index (χ1n) is 9.40. The molecule has 2 aromatic carbocycles. The molecule has 27 heavy (non-hydrogen) atoms. The van der Waals surface area contributed by atoms with Crippen LogP contribution in [0, 0.1) is 5.82 Å². The van der Waals surface area contributed by atoms with Crippen molar-refractivity contribution in [2.45, 2.75) is 43.1 Å². The van der Waals surface area contributed by atoms with Gasteiger partial charge in [-0.3, -0.25) is 4.79 Å². The van der Waals surface area contributed by atoms with Crippen molar-refractivity contribution in [3.8, 4) is 0 Å². The Morgan fingerprint density at radius 2 is 1.81 bits per heavy atom. The van der Waals surface area contributed by atoms with Crippen molar-refractivity contribution in [3.05, 3.63) is 65.7 Å². The van der Waals surface area contributed by atoms with Crippen molar-refractivity contribution >= 4 is 34.3 Å². The lowest BCUT2D eigenvalue weighted by Crippen LogP contribution is -2.14. The predicted octanol–water partition coefficient (Wildman–Crippen LogP) is 6.39. The van der Waals surface area contributed by atoms with Crippen LogP contribution < -0.4 is 5.32 Å². The number of furan rings is 1. The first-order chi connectivity index (χ1) is 13.2. The molecule has 1 aromatic heterocycles. The zero-order chi connectivity index (χ0) is 18.6. The van der Waals surface area contributed by atoms with Crippen molar-refractivity contribution in [3.63, 3.8) is 0 Å². The van der Waals surface area contributed by atoms with Gasteiger partial charge in [0, 0.05) is 22.0 Å². The molecule has 1 N–H and O–H groups in total. The number of halogens is 1. The van der Waals surface area contributed by atoms with Crippen LogP contribution in [0.25, 0.3) is 11.0 Å². The van der Waals surface area contributed by atoms with Crippen LogP contribution in [-0.2, 0) is 5.75 Å². The highest BCUT2D eigenvalue weighted by atomic mass is 32.2. The molecule has 0 aliphatic heterocycles. The Labute approximate surface area is 162 Å². The summed E-state index contributed by atoms with van der Waals surface area (Å²) in [7, 11) is 0. The quantitative estimate of drug-likeness (QED) is 0.555. The molecule has 1 aliphatic carbocycles. The first-order valence-corrected chi connectivity index (χ1v) is 10.4. The number of anilines is 1.